The number of halogens is 3. The minimum atomic E-state index is -1.61. The molecule has 0 unspecified atom stereocenters. The maximum atomic E-state index is 13.6. The Morgan fingerprint density at radius 3 is 2.54 bits per heavy atom. The van der Waals surface area contributed by atoms with Crippen LogP contribution in [0.2, 0.25) is 0 Å². The minimum Gasteiger partial charge on any atom is -0.465 e. The quantitative estimate of drug-likeness (QED) is 0.636. The van der Waals surface area contributed by atoms with E-state index < -0.39 is 47.9 Å². The van der Waals surface area contributed by atoms with Crippen molar-refractivity contribution >= 4 is 6.09 Å². The number of rotatable bonds is 7. The monoisotopic (exact) mass is 406 g/mol. The lowest BCUT2D eigenvalue weighted by atomic mass is 9.96. The van der Waals surface area contributed by atoms with Crippen LogP contribution in [0.1, 0.15) is 19.4 Å². The molecule has 0 aliphatic carbocycles. The maximum absolute atomic E-state index is 13.6. The fourth-order valence-corrected chi connectivity index (χ4v) is 2.95. The van der Waals surface area contributed by atoms with Gasteiger partial charge in [0.2, 0.25) is 0 Å². The van der Waals surface area contributed by atoms with Gasteiger partial charge >= 0.3 is 6.09 Å². The Morgan fingerprint density at radius 1 is 1.39 bits per heavy atom. The molecule has 7 nitrogen and oxygen atoms in total. The first-order valence-corrected chi connectivity index (χ1v) is 8.76. The number of nitrogens with two attached hydrogens (primary N) is 1. The van der Waals surface area contributed by atoms with Crippen molar-refractivity contribution in [1.82, 2.24) is 4.90 Å². The lowest BCUT2D eigenvalue weighted by molar-refractivity contribution is -0.210. The number of carbonyl (C=O) groups is 1. The number of alkyl halides is 1. The molecule has 0 aromatic heterocycles. The Morgan fingerprint density at radius 2 is 2.00 bits per heavy atom. The van der Waals surface area contributed by atoms with E-state index in [1.165, 1.54) is 13.8 Å². The van der Waals surface area contributed by atoms with Gasteiger partial charge < -0.3 is 25.4 Å². The van der Waals surface area contributed by atoms with Gasteiger partial charge in [-0.25, -0.2) is 18.0 Å². The molecular weight excluding hydrogens is 381 g/mol. The van der Waals surface area contributed by atoms with Crippen LogP contribution in [0, 0.1) is 11.6 Å². The second-order valence-electron chi connectivity index (χ2n) is 7.43. The van der Waals surface area contributed by atoms with Crippen molar-refractivity contribution in [1.29, 1.82) is 0 Å². The van der Waals surface area contributed by atoms with Gasteiger partial charge in [-0.3, -0.25) is 4.90 Å². The average molecular weight is 406 g/mol. The molecule has 1 aliphatic heterocycles. The van der Waals surface area contributed by atoms with Crippen molar-refractivity contribution in [3.63, 3.8) is 0 Å². The standard InChI is InChI=1S/C18H25F3N2O5/c1-18(2,21)9-28-15-7-23(17(25)26)14(8-27-15)16(24)13(22)5-10-3-11(19)6-12(20)4-10/h3-4,6,13-16,24H,5,7-9,22H2,1-2H3,(H,25,26)/t13-,14+,15-,16-/m0/s1. The summed E-state index contributed by atoms with van der Waals surface area (Å²) >= 11 is 0. The summed E-state index contributed by atoms with van der Waals surface area (Å²) in [6.07, 6.45) is -3.75. The van der Waals surface area contributed by atoms with Crippen LogP contribution < -0.4 is 5.73 Å². The number of aliphatic hydroxyl groups is 1. The topological polar surface area (TPSA) is 105 Å². The molecule has 28 heavy (non-hydrogen) atoms. The zero-order chi connectivity index (χ0) is 21.1. The zero-order valence-corrected chi connectivity index (χ0v) is 15.6. The first-order chi connectivity index (χ1) is 13.0. The molecule has 1 fully saturated rings. The maximum Gasteiger partial charge on any atom is 0.407 e. The number of amides is 1. The molecule has 4 atom stereocenters. The number of carboxylic acid groups (broad SMARTS) is 1. The summed E-state index contributed by atoms with van der Waals surface area (Å²) in [5.41, 5.74) is 4.56. The van der Waals surface area contributed by atoms with Crippen LogP contribution in [0.3, 0.4) is 0 Å². The Bertz CT molecular complexity index is 665. The molecule has 10 heteroatoms. The third-order valence-electron chi connectivity index (χ3n) is 4.28. The van der Waals surface area contributed by atoms with Gasteiger partial charge in [0.1, 0.15) is 17.3 Å². The zero-order valence-electron chi connectivity index (χ0n) is 15.6. The molecule has 1 heterocycles. The Kier molecular flexibility index (Phi) is 7.27. The first-order valence-electron chi connectivity index (χ1n) is 8.76. The van der Waals surface area contributed by atoms with Crippen molar-refractivity contribution in [2.24, 2.45) is 5.73 Å². The molecule has 4 N–H and O–H groups in total. The summed E-state index contributed by atoms with van der Waals surface area (Å²) < 4.78 is 50.8. The highest BCUT2D eigenvalue weighted by molar-refractivity contribution is 5.65. The van der Waals surface area contributed by atoms with Crippen molar-refractivity contribution in [3.8, 4) is 0 Å². The normalized spacial score (nSPS) is 22.8. The Balaban J connectivity index is 2.02. The average Bonchev–Trinajstić information content (AvgIpc) is 2.57. The molecule has 1 saturated heterocycles. The lowest BCUT2D eigenvalue weighted by Crippen LogP contribution is -2.61. The smallest absolute Gasteiger partial charge is 0.407 e. The van der Waals surface area contributed by atoms with Crippen LogP contribution in [0.4, 0.5) is 18.0 Å². The molecule has 0 radical (unpaired) electrons. The van der Waals surface area contributed by atoms with E-state index in [1.54, 1.807) is 0 Å². The highest BCUT2D eigenvalue weighted by Gasteiger charge is 2.39. The number of ether oxygens (including phenoxy) is 2. The second-order valence-corrected chi connectivity index (χ2v) is 7.43. The highest BCUT2D eigenvalue weighted by Crippen LogP contribution is 2.21. The third-order valence-corrected chi connectivity index (χ3v) is 4.28. The third kappa shape index (κ3) is 6.33. The van der Waals surface area contributed by atoms with Gasteiger partial charge in [0.15, 0.2) is 6.29 Å². The molecule has 1 aromatic rings. The van der Waals surface area contributed by atoms with Crippen LogP contribution in [0.5, 0.6) is 0 Å². The molecule has 1 amide bonds. The second kappa shape index (κ2) is 9.08. The van der Waals surface area contributed by atoms with Crippen LogP contribution in [0.25, 0.3) is 0 Å². The van der Waals surface area contributed by atoms with Gasteiger partial charge in [-0.1, -0.05) is 0 Å². The van der Waals surface area contributed by atoms with E-state index in [4.69, 9.17) is 15.2 Å². The van der Waals surface area contributed by atoms with E-state index in [9.17, 15) is 28.2 Å². The molecule has 0 bridgehead atoms. The number of aliphatic hydroxyl groups excluding tert-OH is 1. The summed E-state index contributed by atoms with van der Waals surface area (Å²) in [6.45, 7) is 1.87. The molecule has 1 aromatic carbocycles. The molecule has 158 valence electrons. The van der Waals surface area contributed by atoms with Gasteiger partial charge in [-0.2, -0.15) is 0 Å². The fraction of sp³-hybridized carbons (Fsp3) is 0.611. The molecule has 2 rings (SSSR count). The highest BCUT2D eigenvalue weighted by atomic mass is 19.1. The number of morpholine rings is 1. The molecular formula is C18H25F3N2O5. The van der Waals surface area contributed by atoms with Crippen LogP contribution in [0.15, 0.2) is 18.2 Å². The van der Waals surface area contributed by atoms with E-state index in [1.807, 2.05) is 0 Å². The van der Waals surface area contributed by atoms with Crippen molar-refractivity contribution in [2.45, 2.75) is 50.4 Å². The number of benzene rings is 1. The SMILES string of the molecule is CC(C)(F)CO[C@H]1CN(C(=O)O)[C@@H]([C@@H](O)[C@@H](N)Cc2cc(F)cc(F)c2)CO1. The van der Waals surface area contributed by atoms with Gasteiger partial charge in [-0.15, -0.1) is 0 Å². The molecule has 1 aliphatic rings. The Labute approximate surface area is 160 Å². The van der Waals surface area contributed by atoms with E-state index in [2.05, 4.69) is 0 Å². The summed E-state index contributed by atoms with van der Waals surface area (Å²) in [7, 11) is 0. The summed E-state index contributed by atoms with van der Waals surface area (Å²) in [6, 6.07) is 0.878. The van der Waals surface area contributed by atoms with Crippen LogP contribution in [-0.2, 0) is 15.9 Å². The molecule has 0 spiro atoms. The minimum absolute atomic E-state index is 0.0736. The Hall–Kier alpha value is -1.88. The van der Waals surface area contributed by atoms with Crippen molar-refractivity contribution < 1.29 is 37.7 Å². The summed E-state index contributed by atoms with van der Waals surface area (Å²) in [4.78, 5) is 12.5. The predicted molar refractivity (Wildman–Crippen MR) is 93.4 cm³/mol. The number of nitrogens with zero attached hydrogens (tertiary/aromatic N) is 1. The summed E-state index contributed by atoms with van der Waals surface area (Å²) in [5.74, 6) is -1.55. The van der Waals surface area contributed by atoms with E-state index in [0.717, 1.165) is 17.0 Å². The summed E-state index contributed by atoms with van der Waals surface area (Å²) in [5, 5.41) is 19.9. The van der Waals surface area contributed by atoms with Crippen LogP contribution in [-0.4, -0.2) is 71.1 Å². The predicted octanol–water partition coefficient (Wildman–Crippen LogP) is 1.67. The first kappa shape index (κ1) is 22.4. The number of hydrogen-bond donors (Lipinski definition) is 3. The molecule has 0 saturated carbocycles. The van der Waals surface area contributed by atoms with Gasteiger partial charge in [0, 0.05) is 12.1 Å². The number of hydrogen-bond acceptors (Lipinski definition) is 5. The van der Waals surface area contributed by atoms with Gasteiger partial charge in [0.05, 0.1) is 31.9 Å². The van der Waals surface area contributed by atoms with E-state index >= 15 is 0 Å². The van der Waals surface area contributed by atoms with Crippen molar-refractivity contribution in [3.05, 3.63) is 35.4 Å². The van der Waals surface area contributed by atoms with E-state index in [0.29, 0.717) is 6.07 Å². The van der Waals surface area contributed by atoms with Gasteiger partial charge in [0.25, 0.3) is 0 Å². The van der Waals surface area contributed by atoms with Crippen molar-refractivity contribution in [2.75, 3.05) is 19.8 Å². The van der Waals surface area contributed by atoms with E-state index in [-0.39, 0.29) is 31.7 Å². The van der Waals surface area contributed by atoms with Gasteiger partial charge in [-0.05, 0) is 38.0 Å². The van der Waals surface area contributed by atoms with Crippen LogP contribution >= 0.6 is 0 Å². The largest absolute Gasteiger partial charge is 0.465 e. The lowest BCUT2D eigenvalue weighted by Gasteiger charge is -2.41. The fourth-order valence-electron chi connectivity index (χ4n) is 2.95.